The Kier molecular flexibility index (Phi) is 7.00. The second-order valence-corrected chi connectivity index (χ2v) is 13.7. The molecule has 0 spiro atoms. The summed E-state index contributed by atoms with van der Waals surface area (Å²) in [6.07, 6.45) is 13.9. The summed E-state index contributed by atoms with van der Waals surface area (Å²) >= 11 is 0. The van der Waals surface area contributed by atoms with Crippen molar-refractivity contribution in [2.75, 3.05) is 0 Å². The minimum Gasteiger partial charge on any atom is -0.508 e. The second kappa shape index (κ2) is 12.0. The van der Waals surface area contributed by atoms with E-state index >= 15 is 0 Å². The lowest BCUT2D eigenvalue weighted by Crippen LogP contribution is -2.27. The maximum absolute atomic E-state index is 11.7. The van der Waals surface area contributed by atoms with Gasteiger partial charge in [0.05, 0.1) is 16.4 Å². The first kappa shape index (κ1) is 30.8. The van der Waals surface area contributed by atoms with Gasteiger partial charge in [-0.2, -0.15) is 0 Å². The lowest BCUT2D eigenvalue weighted by atomic mass is 9.69. The molecule has 0 saturated carbocycles. The van der Waals surface area contributed by atoms with Crippen LogP contribution in [-0.4, -0.2) is 9.67 Å². The lowest BCUT2D eigenvalue weighted by Gasteiger charge is -2.33. The number of benzene rings is 7. The van der Waals surface area contributed by atoms with Crippen molar-refractivity contribution in [2.24, 2.45) is 0 Å². The number of allylic oxidation sites excluding steroid dienone is 4. The SMILES string of the molecule is C#C/C=C\C=C/CC1(c2ccccc2O)c2ccccc2-c2ccc3c4ccccc4n(-c4ccc(-c5cccc6c5oc5ccccc56)cc4)c3c21. The molecule has 250 valence electrons. The molecule has 0 fully saturated rings. The Hall–Kier alpha value is -7.02. The van der Waals surface area contributed by atoms with Crippen LogP contribution in [0.4, 0.5) is 0 Å². The largest absolute Gasteiger partial charge is 0.508 e. The molecule has 0 saturated heterocycles. The molecule has 1 N–H and O–H groups in total. The van der Waals surface area contributed by atoms with Crippen molar-refractivity contribution in [2.45, 2.75) is 11.8 Å². The summed E-state index contributed by atoms with van der Waals surface area (Å²) in [7, 11) is 0. The number of fused-ring (bicyclic) bond motifs is 10. The molecule has 0 bridgehead atoms. The second-order valence-electron chi connectivity index (χ2n) is 13.7. The summed E-state index contributed by atoms with van der Waals surface area (Å²) in [6.45, 7) is 0. The third-order valence-corrected chi connectivity index (χ3v) is 11.0. The van der Waals surface area contributed by atoms with E-state index in [0.29, 0.717) is 6.42 Å². The number of para-hydroxylation sites is 4. The van der Waals surface area contributed by atoms with E-state index in [1.165, 1.54) is 33.0 Å². The maximum Gasteiger partial charge on any atom is 0.143 e. The Labute approximate surface area is 307 Å². The predicted molar refractivity (Wildman–Crippen MR) is 219 cm³/mol. The number of phenolic OH excluding ortho intramolecular Hbond substituents is 1. The van der Waals surface area contributed by atoms with Crippen LogP contribution < -0.4 is 0 Å². The Morgan fingerprint density at radius 1 is 0.623 bits per heavy atom. The van der Waals surface area contributed by atoms with Crippen molar-refractivity contribution < 1.29 is 9.52 Å². The van der Waals surface area contributed by atoms with Crippen molar-refractivity contribution in [3.05, 3.63) is 193 Å². The quantitative estimate of drug-likeness (QED) is 0.140. The summed E-state index contributed by atoms with van der Waals surface area (Å²) in [5.74, 6) is 2.86. The zero-order valence-corrected chi connectivity index (χ0v) is 28.8. The van der Waals surface area contributed by atoms with Gasteiger partial charge in [0.15, 0.2) is 0 Å². The predicted octanol–water partition coefficient (Wildman–Crippen LogP) is 12.5. The molecular formula is C50H33NO2. The van der Waals surface area contributed by atoms with Crippen LogP contribution in [-0.2, 0) is 5.41 Å². The van der Waals surface area contributed by atoms with E-state index in [0.717, 1.165) is 55.3 Å². The van der Waals surface area contributed by atoms with Crippen molar-refractivity contribution in [3.8, 4) is 46.0 Å². The lowest BCUT2D eigenvalue weighted by molar-refractivity contribution is 0.454. The number of furan rings is 1. The topological polar surface area (TPSA) is 38.3 Å². The zero-order chi connectivity index (χ0) is 35.5. The first-order chi connectivity index (χ1) is 26.2. The fraction of sp³-hybridized carbons (Fsp3) is 0.0400. The molecule has 2 aromatic heterocycles. The summed E-state index contributed by atoms with van der Waals surface area (Å²) in [6, 6.07) is 53.1. The highest BCUT2D eigenvalue weighted by Crippen LogP contribution is 2.59. The molecule has 0 radical (unpaired) electrons. The Bertz CT molecular complexity index is 3000. The van der Waals surface area contributed by atoms with E-state index in [2.05, 4.69) is 138 Å². The molecule has 3 heteroatoms. The van der Waals surface area contributed by atoms with Gasteiger partial charge in [-0.3, -0.25) is 0 Å². The van der Waals surface area contributed by atoms with Crippen LogP contribution in [0.3, 0.4) is 0 Å². The van der Waals surface area contributed by atoms with Crippen molar-refractivity contribution in [3.63, 3.8) is 0 Å². The van der Waals surface area contributed by atoms with E-state index in [9.17, 15) is 5.11 Å². The van der Waals surface area contributed by atoms with E-state index in [1.807, 2.05) is 36.4 Å². The minimum atomic E-state index is -0.694. The molecular weight excluding hydrogens is 647 g/mol. The molecule has 0 amide bonds. The van der Waals surface area contributed by atoms with Gasteiger partial charge in [-0.05, 0) is 65.1 Å². The molecule has 1 aliphatic rings. The molecule has 2 heterocycles. The van der Waals surface area contributed by atoms with Gasteiger partial charge in [-0.15, -0.1) is 6.42 Å². The first-order valence-electron chi connectivity index (χ1n) is 17.9. The molecule has 0 aliphatic heterocycles. The van der Waals surface area contributed by atoms with Crippen molar-refractivity contribution >= 4 is 43.7 Å². The van der Waals surface area contributed by atoms with Crippen molar-refractivity contribution in [1.29, 1.82) is 0 Å². The monoisotopic (exact) mass is 679 g/mol. The fourth-order valence-corrected chi connectivity index (χ4v) is 8.84. The van der Waals surface area contributed by atoms with Crippen molar-refractivity contribution in [1.82, 2.24) is 4.57 Å². The van der Waals surface area contributed by atoms with Crippen LogP contribution in [0.15, 0.2) is 180 Å². The summed E-state index contributed by atoms with van der Waals surface area (Å²) in [5, 5.41) is 16.3. The van der Waals surface area contributed by atoms with Crippen LogP contribution in [0, 0.1) is 12.3 Å². The number of phenols is 1. The molecule has 1 unspecified atom stereocenters. The number of hydrogen-bond acceptors (Lipinski definition) is 2. The van der Waals surface area contributed by atoms with E-state index in [-0.39, 0.29) is 5.75 Å². The summed E-state index contributed by atoms with van der Waals surface area (Å²) < 4.78 is 8.83. The molecule has 3 nitrogen and oxygen atoms in total. The number of nitrogens with zero attached hydrogens (tertiary/aromatic N) is 1. The molecule has 1 aliphatic carbocycles. The Morgan fingerprint density at radius 3 is 2.19 bits per heavy atom. The highest BCUT2D eigenvalue weighted by molar-refractivity contribution is 6.14. The van der Waals surface area contributed by atoms with Crippen LogP contribution in [0.1, 0.15) is 23.1 Å². The van der Waals surface area contributed by atoms with Gasteiger partial charge in [-0.25, -0.2) is 0 Å². The van der Waals surface area contributed by atoms with Gasteiger partial charge in [0.1, 0.15) is 16.9 Å². The van der Waals surface area contributed by atoms with Gasteiger partial charge < -0.3 is 14.1 Å². The number of terminal acetylenes is 1. The smallest absolute Gasteiger partial charge is 0.143 e. The number of aromatic nitrogens is 1. The maximum atomic E-state index is 11.7. The van der Waals surface area contributed by atoms with Crippen LogP contribution in [0.25, 0.3) is 71.7 Å². The Morgan fingerprint density at radius 2 is 1.34 bits per heavy atom. The van der Waals surface area contributed by atoms with Gasteiger partial charge in [-0.1, -0.05) is 145 Å². The molecule has 53 heavy (non-hydrogen) atoms. The number of aromatic hydroxyl groups is 1. The van der Waals surface area contributed by atoms with E-state index < -0.39 is 5.41 Å². The molecule has 9 aromatic rings. The van der Waals surface area contributed by atoms with Gasteiger partial charge in [0, 0.05) is 43.9 Å². The zero-order valence-electron chi connectivity index (χ0n) is 28.8. The molecule has 1 atom stereocenters. The number of hydrogen-bond donors (Lipinski definition) is 1. The average molecular weight is 680 g/mol. The first-order valence-corrected chi connectivity index (χ1v) is 17.9. The highest BCUT2D eigenvalue weighted by atomic mass is 16.3. The normalized spacial score (nSPS) is 15.2. The Balaban J connectivity index is 1.25. The summed E-state index contributed by atoms with van der Waals surface area (Å²) in [5.41, 5.74) is 12.1. The van der Waals surface area contributed by atoms with Gasteiger partial charge in [0.25, 0.3) is 0 Å². The molecule has 7 aromatic carbocycles. The third kappa shape index (κ3) is 4.49. The summed E-state index contributed by atoms with van der Waals surface area (Å²) in [4.78, 5) is 0. The molecule has 10 rings (SSSR count). The van der Waals surface area contributed by atoms with Crippen LogP contribution in [0.2, 0.25) is 0 Å². The van der Waals surface area contributed by atoms with Gasteiger partial charge >= 0.3 is 0 Å². The third-order valence-electron chi connectivity index (χ3n) is 11.0. The van der Waals surface area contributed by atoms with E-state index in [4.69, 9.17) is 10.8 Å². The van der Waals surface area contributed by atoms with Gasteiger partial charge in [0.2, 0.25) is 0 Å². The minimum absolute atomic E-state index is 0.270. The standard InChI is InChI=1S/C50H33NO2/c1-2-3-4-5-14-32-50(43-22-10-12-24-45(43)52)42-21-9-6-16-36(42)39-30-31-40-37-17-7-11-23-44(37)51(48(40)47(39)50)34-28-26-33(27-29-34)35-19-15-20-41-38-18-8-13-25-46(38)53-49(35)41/h1,3-31,52H,32H2/b4-3-,14-5-. The van der Waals surface area contributed by atoms with Crippen LogP contribution in [0.5, 0.6) is 5.75 Å². The van der Waals surface area contributed by atoms with E-state index in [1.54, 1.807) is 12.1 Å². The number of rotatable bonds is 6. The average Bonchev–Trinajstić information content (AvgIpc) is 3.85. The van der Waals surface area contributed by atoms with Crippen LogP contribution >= 0.6 is 0 Å². The highest BCUT2D eigenvalue weighted by Gasteiger charge is 2.47. The fourth-order valence-electron chi connectivity index (χ4n) is 8.84.